The molecule has 1 aliphatic heterocycles. The van der Waals surface area contributed by atoms with Crippen molar-refractivity contribution in [2.75, 3.05) is 13.1 Å². The van der Waals surface area contributed by atoms with Gasteiger partial charge in [-0.2, -0.15) is 0 Å². The molecule has 2 aliphatic rings. The molecule has 0 spiro atoms. The van der Waals surface area contributed by atoms with Crippen LogP contribution in [0.4, 0.5) is 4.39 Å². The Kier molecular flexibility index (Phi) is 5.28. The molecule has 2 atom stereocenters. The number of amides is 1. The van der Waals surface area contributed by atoms with Crippen LogP contribution in [0.15, 0.2) is 24.3 Å². The van der Waals surface area contributed by atoms with Gasteiger partial charge in [0.15, 0.2) is 0 Å². The van der Waals surface area contributed by atoms with Gasteiger partial charge in [0.1, 0.15) is 5.82 Å². The van der Waals surface area contributed by atoms with E-state index in [9.17, 15) is 14.3 Å². The standard InChI is InChI=1S/C18H25FN2O2/c19-15-8-2-1-5-13(15)11-16-17(22)9-4-10-21(16)12-18(23)20-14-6-3-7-14/h1-2,5,8,14,16-17,22H,3-4,6-7,9-12H2,(H,20,23)/t16-,17-/m0/s1. The summed E-state index contributed by atoms with van der Waals surface area (Å²) in [6, 6.07) is 6.79. The Morgan fingerprint density at radius 3 is 2.74 bits per heavy atom. The zero-order chi connectivity index (χ0) is 16.2. The van der Waals surface area contributed by atoms with Crippen molar-refractivity contribution in [3.63, 3.8) is 0 Å². The number of carbonyl (C=O) groups excluding carboxylic acids is 1. The number of benzene rings is 1. The molecule has 1 aromatic rings. The first-order valence-electron chi connectivity index (χ1n) is 8.58. The van der Waals surface area contributed by atoms with Gasteiger partial charge in [0.2, 0.25) is 5.91 Å². The predicted molar refractivity (Wildman–Crippen MR) is 86.5 cm³/mol. The number of carbonyl (C=O) groups is 1. The van der Waals surface area contributed by atoms with Gasteiger partial charge < -0.3 is 10.4 Å². The molecule has 4 nitrogen and oxygen atoms in total. The molecule has 5 heteroatoms. The molecule has 0 radical (unpaired) electrons. The molecule has 2 N–H and O–H groups in total. The summed E-state index contributed by atoms with van der Waals surface area (Å²) < 4.78 is 13.9. The monoisotopic (exact) mass is 320 g/mol. The van der Waals surface area contributed by atoms with E-state index in [1.54, 1.807) is 18.2 Å². The molecule has 0 unspecified atom stereocenters. The minimum Gasteiger partial charge on any atom is -0.391 e. The maximum atomic E-state index is 13.9. The summed E-state index contributed by atoms with van der Waals surface area (Å²) >= 11 is 0. The minimum atomic E-state index is -0.514. The lowest BCUT2D eigenvalue weighted by molar-refractivity contribution is -0.125. The second kappa shape index (κ2) is 7.41. The normalized spacial score (nSPS) is 25.8. The minimum absolute atomic E-state index is 0.0160. The molecule has 23 heavy (non-hydrogen) atoms. The van der Waals surface area contributed by atoms with E-state index in [-0.39, 0.29) is 24.3 Å². The molecule has 0 aromatic heterocycles. The smallest absolute Gasteiger partial charge is 0.234 e. The molecule has 1 saturated heterocycles. The van der Waals surface area contributed by atoms with Gasteiger partial charge in [-0.25, -0.2) is 4.39 Å². The average Bonchev–Trinajstić information content (AvgIpc) is 2.48. The lowest BCUT2D eigenvalue weighted by Gasteiger charge is -2.39. The summed E-state index contributed by atoms with van der Waals surface area (Å²) in [5.41, 5.74) is 0.600. The van der Waals surface area contributed by atoms with Crippen LogP contribution < -0.4 is 5.32 Å². The Morgan fingerprint density at radius 1 is 1.26 bits per heavy atom. The second-order valence-corrected chi connectivity index (χ2v) is 6.74. The number of nitrogens with one attached hydrogen (secondary N) is 1. The number of aliphatic hydroxyl groups is 1. The van der Waals surface area contributed by atoms with Crippen molar-refractivity contribution in [3.8, 4) is 0 Å². The molecular formula is C18H25FN2O2. The number of hydrogen-bond acceptors (Lipinski definition) is 3. The molecular weight excluding hydrogens is 295 g/mol. The van der Waals surface area contributed by atoms with Gasteiger partial charge in [0.25, 0.3) is 0 Å². The lowest BCUT2D eigenvalue weighted by atomic mass is 9.92. The van der Waals surface area contributed by atoms with Crippen molar-refractivity contribution in [3.05, 3.63) is 35.6 Å². The topological polar surface area (TPSA) is 52.6 Å². The fraction of sp³-hybridized carbons (Fsp3) is 0.611. The van der Waals surface area contributed by atoms with Crippen LogP contribution in [0.2, 0.25) is 0 Å². The zero-order valence-electron chi connectivity index (χ0n) is 13.4. The maximum absolute atomic E-state index is 13.9. The molecule has 1 heterocycles. The van der Waals surface area contributed by atoms with E-state index in [0.717, 1.165) is 25.8 Å². The third-order valence-electron chi connectivity index (χ3n) is 5.06. The summed E-state index contributed by atoms with van der Waals surface area (Å²) in [5.74, 6) is -0.230. The largest absolute Gasteiger partial charge is 0.391 e. The number of rotatable bonds is 5. The first kappa shape index (κ1) is 16.4. The molecule has 1 aliphatic carbocycles. The summed E-state index contributed by atoms with van der Waals surface area (Å²) in [6.07, 6.45) is 4.80. The van der Waals surface area contributed by atoms with Crippen LogP contribution in [0.1, 0.15) is 37.7 Å². The van der Waals surface area contributed by atoms with Crippen molar-refractivity contribution in [1.82, 2.24) is 10.2 Å². The highest BCUT2D eigenvalue weighted by Gasteiger charge is 2.32. The van der Waals surface area contributed by atoms with Gasteiger partial charge in [-0.1, -0.05) is 18.2 Å². The van der Waals surface area contributed by atoms with Crippen LogP contribution in [0.3, 0.4) is 0 Å². The molecule has 126 valence electrons. The van der Waals surface area contributed by atoms with Crippen LogP contribution in [0, 0.1) is 5.82 Å². The van der Waals surface area contributed by atoms with E-state index in [1.807, 2.05) is 4.90 Å². The summed E-state index contributed by atoms with van der Waals surface area (Å²) in [5, 5.41) is 13.4. The number of aliphatic hydroxyl groups excluding tert-OH is 1. The first-order chi connectivity index (χ1) is 11.1. The Balaban J connectivity index is 1.64. The summed E-state index contributed by atoms with van der Waals surface area (Å²) in [7, 11) is 0. The lowest BCUT2D eigenvalue weighted by Crippen LogP contribution is -2.54. The van der Waals surface area contributed by atoms with Crippen molar-refractivity contribution in [1.29, 1.82) is 0 Å². The van der Waals surface area contributed by atoms with Gasteiger partial charge in [0, 0.05) is 12.1 Å². The van der Waals surface area contributed by atoms with Crippen LogP contribution in [0.5, 0.6) is 0 Å². The zero-order valence-corrected chi connectivity index (χ0v) is 13.4. The molecule has 1 aromatic carbocycles. The maximum Gasteiger partial charge on any atom is 0.234 e. The van der Waals surface area contributed by atoms with Crippen LogP contribution in [-0.2, 0) is 11.2 Å². The van der Waals surface area contributed by atoms with E-state index >= 15 is 0 Å². The summed E-state index contributed by atoms with van der Waals surface area (Å²) in [6.45, 7) is 1.06. The van der Waals surface area contributed by atoms with Gasteiger partial charge in [-0.05, 0) is 56.7 Å². The fourth-order valence-electron chi connectivity index (χ4n) is 3.47. The molecule has 1 saturated carbocycles. The Hall–Kier alpha value is -1.46. The third-order valence-corrected chi connectivity index (χ3v) is 5.06. The molecule has 0 bridgehead atoms. The SMILES string of the molecule is O=C(CN1CCC[C@H](O)[C@@H]1Cc1ccccc1F)NC1CCC1. The highest BCUT2D eigenvalue weighted by Crippen LogP contribution is 2.23. The predicted octanol–water partition coefficient (Wildman–Crippen LogP) is 1.86. The fourth-order valence-corrected chi connectivity index (χ4v) is 3.47. The molecule has 2 fully saturated rings. The van der Waals surface area contributed by atoms with E-state index in [0.29, 0.717) is 24.4 Å². The number of halogens is 1. The van der Waals surface area contributed by atoms with Crippen molar-refractivity contribution in [2.45, 2.75) is 56.7 Å². The highest BCUT2D eigenvalue weighted by molar-refractivity contribution is 5.78. The molecule has 3 rings (SSSR count). The van der Waals surface area contributed by atoms with Gasteiger partial charge in [-0.3, -0.25) is 9.69 Å². The third kappa shape index (κ3) is 4.09. The molecule has 1 amide bonds. The van der Waals surface area contributed by atoms with E-state index < -0.39 is 6.10 Å². The number of piperidine rings is 1. The van der Waals surface area contributed by atoms with Crippen molar-refractivity contribution >= 4 is 5.91 Å². The Labute approximate surface area is 136 Å². The Morgan fingerprint density at radius 2 is 2.04 bits per heavy atom. The van der Waals surface area contributed by atoms with Crippen LogP contribution >= 0.6 is 0 Å². The number of nitrogens with zero attached hydrogens (tertiary/aromatic N) is 1. The van der Waals surface area contributed by atoms with Crippen LogP contribution in [-0.4, -0.2) is 47.2 Å². The van der Waals surface area contributed by atoms with Crippen molar-refractivity contribution in [2.24, 2.45) is 0 Å². The number of hydrogen-bond donors (Lipinski definition) is 2. The van der Waals surface area contributed by atoms with Gasteiger partial charge >= 0.3 is 0 Å². The van der Waals surface area contributed by atoms with Crippen molar-refractivity contribution < 1.29 is 14.3 Å². The quantitative estimate of drug-likeness (QED) is 0.871. The number of likely N-dealkylation sites (tertiary alicyclic amines) is 1. The van der Waals surface area contributed by atoms with E-state index in [1.165, 1.54) is 12.5 Å². The second-order valence-electron chi connectivity index (χ2n) is 6.74. The van der Waals surface area contributed by atoms with E-state index in [4.69, 9.17) is 0 Å². The average molecular weight is 320 g/mol. The van der Waals surface area contributed by atoms with E-state index in [2.05, 4.69) is 5.32 Å². The summed E-state index contributed by atoms with van der Waals surface area (Å²) in [4.78, 5) is 14.2. The highest BCUT2D eigenvalue weighted by atomic mass is 19.1. The van der Waals surface area contributed by atoms with Gasteiger partial charge in [0.05, 0.1) is 12.6 Å². The first-order valence-corrected chi connectivity index (χ1v) is 8.58. The van der Waals surface area contributed by atoms with Crippen LogP contribution in [0.25, 0.3) is 0 Å². The van der Waals surface area contributed by atoms with Gasteiger partial charge in [-0.15, -0.1) is 0 Å². The Bertz CT molecular complexity index is 548.